The van der Waals surface area contributed by atoms with Gasteiger partial charge in [0.25, 0.3) is 0 Å². The summed E-state index contributed by atoms with van der Waals surface area (Å²) in [6.07, 6.45) is 5.23. The molecule has 10 nitrogen and oxygen atoms in total. The van der Waals surface area contributed by atoms with Crippen LogP contribution in [-0.2, 0) is 13.6 Å². The molecule has 0 spiro atoms. The molecular formula is C28H36FN7O3. The van der Waals surface area contributed by atoms with E-state index < -0.39 is 0 Å². The summed E-state index contributed by atoms with van der Waals surface area (Å²) in [4.78, 5) is 2.29. The van der Waals surface area contributed by atoms with Crippen molar-refractivity contribution in [2.45, 2.75) is 59.4 Å². The van der Waals surface area contributed by atoms with Crippen LogP contribution in [0.4, 0.5) is 4.39 Å². The number of aliphatic hydroxyl groups excluding tert-OH is 1. The van der Waals surface area contributed by atoms with Crippen molar-refractivity contribution in [2.24, 2.45) is 7.05 Å². The molecule has 0 amide bonds. The number of benzene rings is 1. The summed E-state index contributed by atoms with van der Waals surface area (Å²) < 4.78 is 31.2. The van der Waals surface area contributed by atoms with Gasteiger partial charge in [-0.05, 0) is 52.8 Å². The third kappa shape index (κ3) is 5.04. The number of H-pyrrole nitrogens is 1. The second kappa shape index (κ2) is 10.8. The van der Waals surface area contributed by atoms with E-state index in [-0.39, 0.29) is 30.6 Å². The summed E-state index contributed by atoms with van der Waals surface area (Å²) in [7, 11) is 1.79. The van der Waals surface area contributed by atoms with Crippen LogP contribution in [0.5, 0.6) is 11.8 Å². The Morgan fingerprint density at radius 1 is 1.23 bits per heavy atom. The summed E-state index contributed by atoms with van der Waals surface area (Å²) in [5.41, 5.74) is 3.95. The van der Waals surface area contributed by atoms with Crippen LogP contribution in [0, 0.1) is 5.82 Å². The quantitative estimate of drug-likeness (QED) is 0.388. The fourth-order valence-corrected chi connectivity index (χ4v) is 4.98. The molecule has 2 N–H and O–H groups in total. The molecule has 5 rings (SSSR count). The molecule has 1 aliphatic heterocycles. The van der Waals surface area contributed by atoms with E-state index in [0.717, 1.165) is 16.6 Å². The van der Waals surface area contributed by atoms with Crippen LogP contribution in [0.15, 0.2) is 18.3 Å². The Bertz CT molecular complexity index is 1500. The van der Waals surface area contributed by atoms with Crippen molar-refractivity contribution in [1.82, 2.24) is 34.7 Å². The SMILES string of the molecule is CCOc1nn(C(C)CO)c2c1/C=C/c1n[nH]c3cc(F)c(cc13)-c1cnn(C)c1O[C@H](C)CN(C(C)C)C2. The molecule has 2 atom stereocenters. The number of aryl methyl sites for hydroxylation is 1. The molecule has 208 valence electrons. The second-order valence-electron chi connectivity index (χ2n) is 10.3. The highest BCUT2D eigenvalue weighted by Gasteiger charge is 2.26. The van der Waals surface area contributed by atoms with Gasteiger partial charge in [-0.15, -0.1) is 5.10 Å². The molecule has 1 unspecified atom stereocenters. The number of nitrogens with zero attached hydrogens (tertiary/aromatic N) is 6. The molecule has 4 aromatic rings. The number of ether oxygens (including phenoxy) is 2. The number of hydrogen-bond donors (Lipinski definition) is 2. The summed E-state index contributed by atoms with van der Waals surface area (Å²) >= 11 is 0. The molecule has 3 aromatic heterocycles. The number of rotatable bonds is 5. The Morgan fingerprint density at radius 2 is 2.03 bits per heavy atom. The molecule has 39 heavy (non-hydrogen) atoms. The van der Waals surface area contributed by atoms with E-state index in [9.17, 15) is 5.11 Å². The van der Waals surface area contributed by atoms with Crippen molar-refractivity contribution < 1.29 is 19.0 Å². The van der Waals surface area contributed by atoms with E-state index in [1.54, 1.807) is 24.0 Å². The van der Waals surface area contributed by atoms with E-state index >= 15 is 4.39 Å². The van der Waals surface area contributed by atoms with Gasteiger partial charge in [0.05, 0.1) is 53.5 Å². The van der Waals surface area contributed by atoms with Crippen LogP contribution in [0.25, 0.3) is 34.2 Å². The van der Waals surface area contributed by atoms with Gasteiger partial charge in [0.15, 0.2) is 0 Å². The third-order valence-electron chi connectivity index (χ3n) is 7.13. The van der Waals surface area contributed by atoms with Crippen molar-refractivity contribution in [2.75, 3.05) is 19.8 Å². The second-order valence-corrected chi connectivity index (χ2v) is 10.3. The lowest BCUT2D eigenvalue weighted by Gasteiger charge is -2.30. The highest BCUT2D eigenvalue weighted by atomic mass is 19.1. The lowest BCUT2D eigenvalue weighted by atomic mass is 10.0. The van der Waals surface area contributed by atoms with Crippen LogP contribution in [0.3, 0.4) is 0 Å². The highest BCUT2D eigenvalue weighted by molar-refractivity contribution is 5.93. The van der Waals surface area contributed by atoms with Gasteiger partial charge in [-0.3, -0.25) is 14.7 Å². The Morgan fingerprint density at radius 3 is 2.74 bits per heavy atom. The van der Waals surface area contributed by atoms with Crippen molar-refractivity contribution in [3.05, 3.63) is 41.1 Å². The highest BCUT2D eigenvalue weighted by Crippen LogP contribution is 2.36. The molecule has 0 aliphatic carbocycles. The van der Waals surface area contributed by atoms with Gasteiger partial charge in [-0.1, -0.05) is 0 Å². The molecule has 0 saturated heterocycles. The van der Waals surface area contributed by atoms with Gasteiger partial charge in [-0.2, -0.15) is 10.2 Å². The number of aromatic amines is 1. The summed E-state index contributed by atoms with van der Waals surface area (Å²) in [6.45, 7) is 11.6. The lowest BCUT2D eigenvalue weighted by Crippen LogP contribution is -2.39. The zero-order valence-electron chi connectivity index (χ0n) is 23.3. The first-order valence-corrected chi connectivity index (χ1v) is 13.4. The maximum absolute atomic E-state index is 15.4. The summed E-state index contributed by atoms with van der Waals surface area (Å²) in [5.74, 6) is 0.602. The maximum Gasteiger partial charge on any atom is 0.240 e. The van der Waals surface area contributed by atoms with Crippen LogP contribution in [-0.4, -0.2) is 71.7 Å². The van der Waals surface area contributed by atoms with Gasteiger partial charge in [0.2, 0.25) is 11.8 Å². The molecule has 0 radical (unpaired) electrons. The van der Waals surface area contributed by atoms with Gasteiger partial charge in [-0.25, -0.2) is 9.07 Å². The topological polar surface area (TPSA) is 106 Å². The smallest absolute Gasteiger partial charge is 0.240 e. The Hall–Kier alpha value is -3.70. The van der Waals surface area contributed by atoms with Crippen LogP contribution in [0.2, 0.25) is 0 Å². The van der Waals surface area contributed by atoms with E-state index in [0.29, 0.717) is 53.8 Å². The van der Waals surface area contributed by atoms with E-state index in [1.807, 2.05) is 37.6 Å². The Balaban J connectivity index is 1.75. The number of fused-ring (bicyclic) bond motifs is 4. The first-order valence-electron chi connectivity index (χ1n) is 13.4. The van der Waals surface area contributed by atoms with Gasteiger partial charge >= 0.3 is 0 Å². The normalized spacial score (nSPS) is 17.9. The predicted molar refractivity (Wildman–Crippen MR) is 148 cm³/mol. The standard InChI is InChI=1S/C28H36FN7O3/c1-7-38-27-19-8-9-24-21-10-20(23(29)11-25(21)32-31-24)22-12-30-34(6)28(22)39-18(5)13-35(16(2)3)14-26(19)36(33-27)17(4)15-37/h8-12,16-18,37H,7,13-15H2,1-6H3,(H,31,32)/b9-8+/t17?,18-/m1/s1. The van der Waals surface area contributed by atoms with Crippen LogP contribution >= 0.6 is 0 Å². The lowest BCUT2D eigenvalue weighted by molar-refractivity contribution is 0.108. The number of aliphatic hydroxyl groups is 1. The van der Waals surface area contributed by atoms with Crippen molar-refractivity contribution in [3.63, 3.8) is 0 Å². The molecule has 2 bridgehead atoms. The molecule has 11 heteroatoms. The van der Waals surface area contributed by atoms with Crippen LogP contribution < -0.4 is 9.47 Å². The zero-order valence-corrected chi connectivity index (χ0v) is 23.3. The number of halogens is 1. The number of aromatic nitrogens is 6. The molecule has 4 heterocycles. The monoisotopic (exact) mass is 537 g/mol. The fourth-order valence-electron chi connectivity index (χ4n) is 4.98. The Labute approximate surface area is 227 Å². The Kier molecular flexibility index (Phi) is 7.46. The first kappa shape index (κ1) is 26.9. The fraction of sp³-hybridized carbons (Fsp3) is 0.464. The molecule has 1 aliphatic rings. The minimum atomic E-state index is -0.388. The number of nitrogens with one attached hydrogen (secondary N) is 1. The summed E-state index contributed by atoms with van der Waals surface area (Å²) in [5, 5.41) is 27.3. The molecule has 1 aromatic carbocycles. The van der Waals surface area contributed by atoms with Crippen molar-refractivity contribution >= 4 is 23.1 Å². The van der Waals surface area contributed by atoms with Gasteiger partial charge < -0.3 is 14.6 Å². The van der Waals surface area contributed by atoms with Crippen molar-refractivity contribution in [1.29, 1.82) is 0 Å². The summed E-state index contributed by atoms with van der Waals surface area (Å²) in [6, 6.07) is 3.16. The van der Waals surface area contributed by atoms with E-state index in [4.69, 9.17) is 14.6 Å². The van der Waals surface area contributed by atoms with Crippen molar-refractivity contribution in [3.8, 4) is 22.9 Å². The number of hydrogen-bond acceptors (Lipinski definition) is 7. The van der Waals surface area contributed by atoms with Crippen LogP contribution in [0.1, 0.15) is 57.6 Å². The minimum absolute atomic E-state index is 0.0633. The average molecular weight is 538 g/mol. The molecule has 0 fully saturated rings. The zero-order chi connectivity index (χ0) is 27.8. The third-order valence-corrected chi connectivity index (χ3v) is 7.13. The van der Waals surface area contributed by atoms with E-state index in [2.05, 4.69) is 34.0 Å². The predicted octanol–water partition coefficient (Wildman–Crippen LogP) is 4.41. The minimum Gasteiger partial charge on any atom is -0.476 e. The first-order chi connectivity index (χ1) is 18.7. The average Bonchev–Trinajstić information content (AvgIpc) is 3.56. The van der Waals surface area contributed by atoms with Gasteiger partial charge in [0, 0.05) is 43.2 Å². The maximum atomic E-state index is 15.4. The van der Waals surface area contributed by atoms with Gasteiger partial charge in [0.1, 0.15) is 11.9 Å². The largest absolute Gasteiger partial charge is 0.476 e. The molecule has 0 saturated carbocycles. The molecular weight excluding hydrogens is 501 g/mol. The van der Waals surface area contributed by atoms with E-state index in [1.165, 1.54) is 6.07 Å².